The Hall–Kier alpha value is -1.46. The Bertz CT molecular complexity index is 537. The van der Waals surface area contributed by atoms with Crippen molar-refractivity contribution in [2.45, 2.75) is 45.3 Å². The van der Waals surface area contributed by atoms with Crippen LogP contribution in [-0.2, 0) is 4.74 Å². The van der Waals surface area contributed by atoms with Crippen molar-refractivity contribution < 1.29 is 9.53 Å². The summed E-state index contributed by atoms with van der Waals surface area (Å²) >= 11 is 5.97. The number of benzene rings is 1. The molecule has 0 spiro atoms. The van der Waals surface area contributed by atoms with Gasteiger partial charge in [0.15, 0.2) is 0 Å². The number of ether oxygens (including phenoxy) is 1. The van der Waals surface area contributed by atoms with E-state index in [0.29, 0.717) is 16.4 Å². The van der Waals surface area contributed by atoms with Gasteiger partial charge in [-0.15, -0.1) is 0 Å². The molecule has 2 rings (SSSR count). The van der Waals surface area contributed by atoms with Crippen LogP contribution < -0.4 is 16.0 Å². The third kappa shape index (κ3) is 4.27. The molecule has 5 nitrogen and oxygen atoms in total. The molecule has 0 aromatic heterocycles. The third-order valence-corrected chi connectivity index (χ3v) is 3.75. The summed E-state index contributed by atoms with van der Waals surface area (Å²) in [6.07, 6.45) is 1.36. The minimum atomic E-state index is -0.552. The molecule has 1 fully saturated rings. The number of nitrogens with two attached hydrogens (primary N) is 1. The molecule has 1 heterocycles. The zero-order chi connectivity index (χ0) is 16.3. The number of hydrogen-bond donors (Lipinski definition) is 2. The summed E-state index contributed by atoms with van der Waals surface area (Å²) in [5.41, 5.74) is 6.67. The average Bonchev–Trinajstić information content (AvgIpc) is 2.41. The van der Waals surface area contributed by atoms with Gasteiger partial charge in [-0.25, -0.2) is 4.79 Å². The molecule has 1 aliphatic rings. The molecule has 1 saturated heterocycles. The second kappa shape index (κ2) is 6.75. The number of halogens is 1. The second-order valence-corrected chi connectivity index (χ2v) is 6.97. The van der Waals surface area contributed by atoms with E-state index in [9.17, 15) is 4.79 Å². The summed E-state index contributed by atoms with van der Waals surface area (Å²) < 4.78 is 5.57. The zero-order valence-corrected chi connectivity index (χ0v) is 14.1. The molecule has 122 valence electrons. The lowest BCUT2D eigenvalue weighted by atomic mass is 10.0. The van der Waals surface area contributed by atoms with Crippen LogP contribution in [0.2, 0.25) is 5.02 Å². The van der Waals surface area contributed by atoms with Crippen LogP contribution in [0.25, 0.3) is 0 Å². The van der Waals surface area contributed by atoms with E-state index in [1.54, 1.807) is 23.1 Å². The van der Waals surface area contributed by atoms with Gasteiger partial charge >= 0.3 is 6.09 Å². The lowest BCUT2D eigenvalue weighted by molar-refractivity contribution is 0.0559. The largest absolute Gasteiger partial charge is 0.443 e. The van der Waals surface area contributed by atoms with Crippen molar-refractivity contribution in [1.29, 1.82) is 0 Å². The number of nitrogens with one attached hydrogen (secondary N) is 1. The monoisotopic (exact) mass is 325 g/mol. The van der Waals surface area contributed by atoms with Gasteiger partial charge in [-0.05, 0) is 64.9 Å². The summed E-state index contributed by atoms with van der Waals surface area (Å²) in [5.74, 6) is 0. The Balaban J connectivity index is 2.33. The quantitative estimate of drug-likeness (QED) is 0.818. The molecule has 0 atom stereocenters. The van der Waals surface area contributed by atoms with Crippen LogP contribution in [-0.4, -0.2) is 30.8 Å². The number of anilines is 2. The Kier molecular flexibility index (Phi) is 5.19. The van der Waals surface area contributed by atoms with E-state index in [2.05, 4.69) is 5.32 Å². The van der Waals surface area contributed by atoms with Crippen LogP contribution >= 0.6 is 11.6 Å². The number of rotatable bonds is 2. The first kappa shape index (κ1) is 16.9. The molecule has 1 amide bonds. The molecule has 3 N–H and O–H groups in total. The Labute approximate surface area is 136 Å². The average molecular weight is 326 g/mol. The van der Waals surface area contributed by atoms with E-state index in [4.69, 9.17) is 22.1 Å². The molecule has 1 aromatic carbocycles. The highest BCUT2D eigenvalue weighted by Gasteiger charge is 2.31. The van der Waals surface area contributed by atoms with Crippen LogP contribution in [0.3, 0.4) is 0 Å². The molecular formula is C16H24ClN3O2. The number of hydrogen-bond acceptors (Lipinski definition) is 4. The first-order valence-electron chi connectivity index (χ1n) is 7.56. The SMILES string of the molecule is CC(C)(C)OC(=O)N(c1ccc(Cl)cc1N)C1CCNCC1. The highest BCUT2D eigenvalue weighted by atomic mass is 35.5. The summed E-state index contributed by atoms with van der Waals surface area (Å²) in [7, 11) is 0. The maximum atomic E-state index is 12.7. The van der Waals surface area contributed by atoms with Crippen LogP contribution in [0.1, 0.15) is 33.6 Å². The lowest BCUT2D eigenvalue weighted by Crippen LogP contribution is -2.48. The molecule has 22 heavy (non-hydrogen) atoms. The van der Waals surface area contributed by atoms with Gasteiger partial charge in [0.25, 0.3) is 0 Å². The zero-order valence-electron chi connectivity index (χ0n) is 13.4. The van der Waals surface area contributed by atoms with Gasteiger partial charge in [0.2, 0.25) is 0 Å². The highest BCUT2D eigenvalue weighted by molar-refractivity contribution is 6.31. The van der Waals surface area contributed by atoms with Crippen LogP contribution in [0.4, 0.5) is 16.2 Å². The van der Waals surface area contributed by atoms with Gasteiger partial charge < -0.3 is 15.8 Å². The van der Waals surface area contributed by atoms with E-state index < -0.39 is 5.60 Å². The fourth-order valence-electron chi connectivity index (χ4n) is 2.56. The van der Waals surface area contributed by atoms with Crippen molar-refractivity contribution >= 4 is 29.1 Å². The molecule has 0 aliphatic carbocycles. The van der Waals surface area contributed by atoms with E-state index in [-0.39, 0.29) is 12.1 Å². The summed E-state index contributed by atoms with van der Waals surface area (Å²) in [6, 6.07) is 5.25. The first-order valence-corrected chi connectivity index (χ1v) is 7.94. The topological polar surface area (TPSA) is 67.6 Å². The number of nitrogens with zero attached hydrogens (tertiary/aromatic N) is 1. The Morgan fingerprint density at radius 3 is 2.55 bits per heavy atom. The molecule has 0 saturated carbocycles. The fraction of sp³-hybridized carbons (Fsp3) is 0.562. The predicted octanol–water partition coefficient (Wildman–Crippen LogP) is 3.42. The molecule has 1 aliphatic heterocycles. The van der Waals surface area contributed by atoms with Crippen molar-refractivity contribution in [3.63, 3.8) is 0 Å². The van der Waals surface area contributed by atoms with Gasteiger partial charge in [0.05, 0.1) is 11.4 Å². The van der Waals surface area contributed by atoms with Crippen molar-refractivity contribution in [3.05, 3.63) is 23.2 Å². The number of amides is 1. The molecule has 6 heteroatoms. The maximum absolute atomic E-state index is 12.7. The smallest absolute Gasteiger partial charge is 0.415 e. The lowest BCUT2D eigenvalue weighted by Gasteiger charge is -2.36. The van der Waals surface area contributed by atoms with E-state index in [1.165, 1.54) is 0 Å². The van der Waals surface area contributed by atoms with Gasteiger partial charge in [-0.1, -0.05) is 11.6 Å². The summed E-state index contributed by atoms with van der Waals surface area (Å²) in [6.45, 7) is 7.32. The maximum Gasteiger partial charge on any atom is 0.415 e. The molecular weight excluding hydrogens is 302 g/mol. The second-order valence-electron chi connectivity index (χ2n) is 6.53. The number of carbonyl (C=O) groups excluding carboxylic acids is 1. The third-order valence-electron chi connectivity index (χ3n) is 3.51. The normalized spacial score (nSPS) is 16.4. The summed E-state index contributed by atoms with van der Waals surface area (Å²) in [5, 5.41) is 3.85. The van der Waals surface area contributed by atoms with Crippen molar-refractivity contribution in [2.24, 2.45) is 0 Å². The van der Waals surface area contributed by atoms with E-state index in [1.807, 2.05) is 20.8 Å². The molecule has 1 aromatic rings. The van der Waals surface area contributed by atoms with Gasteiger partial charge in [0.1, 0.15) is 5.60 Å². The minimum Gasteiger partial charge on any atom is -0.443 e. The van der Waals surface area contributed by atoms with Gasteiger partial charge in [-0.3, -0.25) is 4.90 Å². The van der Waals surface area contributed by atoms with Gasteiger partial charge in [0, 0.05) is 11.1 Å². The first-order chi connectivity index (χ1) is 10.3. The minimum absolute atomic E-state index is 0.0691. The van der Waals surface area contributed by atoms with Crippen LogP contribution in [0, 0.1) is 0 Å². The number of piperidine rings is 1. The van der Waals surface area contributed by atoms with E-state index >= 15 is 0 Å². The predicted molar refractivity (Wildman–Crippen MR) is 90.5 cm³/mol. The Morgan fingerprint density at radius 1 is 1.36 bits per heavy atom. The van der Waals surface area contributed by atoms with Crippen molar-refractivity contribution in [1.82, 2.24) is 5.32 Å². The Morgan fingerprint density at radius 2 is 2.00 bits per heavy atom. The fourth-order valence-corrected chi connectivity index (χ4v) is 2.75. The van der Waals surface area contributed by atoms with E-state index in [0.717, 1.165) is 25.9 Å². The molecule has 0 radical (unpaired) electrons. The van der Waals surface area contributed by atoms with Crippen LogP contribution in [0.5, 0.6) is 0 Å². The summed E-state index contributed by atoms with van der Waals surface area (Å²) in [4.78, 5) is 14.4. The van der Waals surface area contributed by atoms with Gasteiger partial charge in [-0.2, -0.15) is 0 Å². The van der Waals surface area contributed by atoms with Crippen LogP contribution in [0.15, 0.2) is 18.2 Å². The number of nitrogen functional groups attached to an aromatic ring is 1. The standard InChI is InChI=1S/C16H24ClN3O2/c1-16(2,3)22-15(21)20(12-6-8-19-9-7-12)14-5-4-11(17)10-13(14)18/h4-5,10,12,19H,6-9,18H2,1-3H3. The number of carbonyl (C=O) groups is 1. The molecule has 0 unspecified atom stereocenters. The molecule has 0 bridgehead atoms. The van der Waals surface area contributed by atoms with Crippen molar-refractivity contribution in [2.75, 3.05) is 23.7 Å². The van der Waals surface area contributed by atoms with Crippen molar-refractivity contribution in [3.8, 4) is 0 Å². The highest BCUT2D eigenvalue weighted by Crippen LogP contribution is 2.31.